The van der Waals surface area contributed by atoms with Gasteiger partial charge in [0.2, 0.25) is 0 Å². The molecule has 5 atom stereocenters. The molecule has 0 bridgehead atoms. The standard InChI is InChI=1S/C31H49NO10/c1-11-20(6)14-28(33)38-21(7)17-32-25(29(34)37-10)15-24-12-13-26(41-30(35)39-22(8)18(2)3)27(16-24)42-31(36)40-23(9)19(4)5/h12-13,16,18-23,25,32H,11,14-15,17H2,1-10H3/t20?,21?,22?,23?,25-/m0/s1. The number of benzene rings is 1. The molecule has 11 nitrogen and oxygen atoms in total. The molecule has 0 amide bonds. The van der Waals surface area contributed by atoms with Crippen LogP contribution in [0.3, 0.4) is 0 Å². The normalized spacial score (nSPS) is 14.8. The van der Waals surface area contributed by atoms with E-state index >= 15 is 0 Å². The van der Waals surface area contributed by atoms with Crippen molar-refractivity contribution in [2.24, 2.45) is 17.8 Å². The zero-order chi connectivity index (χ0) is 32.0. The minimum atomic E-state index is -0.974. The quantitative estimate of drug-likeness (QED) is 0.140. The topological polar surface area (TPSA) is 136 Å². The van der Waals surface area contributed by atoms with Crippen molar-refractivity contribution in [3.05, 3.63) is 23.8 Å². The van der Waals surface area contributed by atoms with Crippen LogP contribution >= 0.6 is 0 Å². The van der Waals surface area contributed by atoms with Crippen LogP contribution in [0.25, 0.3) is 0 Å². The van der Waals surface area contributed by atoms with Crippen molar-refractivity contribution in [2.75, 3.05) is 13.7 Å². The highest BCUT2D eigenvalue weighted by atomic mass is 16.8. The summed E-state index contributed by atoms with van der Waals surface area (Å²) in [6, 6.07) is 3.73. The summed E-state index contributed by atoms with van der Waals surface area (Å²) in [5.41, 5.74) is 0.565. The molecule has 0 saturated heterocycles. The highest BCUT2D eigenvalue weighted by Crippen LogP contribution is 2.30. The van der Waals surface area contributed by atoms with Gasteiger partial charge < -0.3 is 33.7 Å². The maximum Gasteiger partial charge on any atom is 0.514 e. The number of esters is 2. The Morgan fingerprint density at radius 2 is 1.33 bits per heavy atom. The fraction of sp³-hybridized carbons (Fsp3) is 0.677. The molecule has 11 heteroatoms. The van der Waals surface area contributed by atoms with Gasteiger partial charge in [-0.3, -0.25) is 9.59 Å². The van der Waals surface area contributed by atoms with Crippen molar-refractivity contribution in [2.45, 2.75) is 106 Å². The molecule has 0 radical (unpaired) electrons. The Labute approximate surface area is 249 Å². The molecule has 0 saturated carbocycles. The highest BCUT2D eigenvalue weighted by Gasteiger charge is 2.25. The van der Waals surface area contributed by atoms with Gasteiger partial charge in [-0.2, -0.15) is 0 Å². The zero-order valence-electron chi connectivity index (χ0n) is 26.7. The molecular weight excluding hydrogens is 546 g/mol. The van der Waals surface area contributed by atoms with E-state index in [0.717, 1.165) is 6.42 Å². The van der Waals surface area contributed by atoms with Gasteiger partial charge in [0, 0.05) is 13.0 Å². The molecule has 238 valence electrons. The minimum Gasteiger partial charge on any atom is -0.468 e. The molecule has 1 aromatic carbocycles. The third kappa shape index (κ3) is 13.5. The molecule has 4 unspecified atom stereocenters. The van der Waals surface area contributed by atoms with Crippen molar-refractivity contribution < 1.29 is 47.6 Å². The molecule has 1 N–H and O–H groups in total. The lowest BCUT2D eigenvalue weighted by Gasteiger charge is -2.21. The van der Waals surface area contributed by atoms with E-state index in [1.54, 1.807) is 26.8 Å². The van der Waals surface area contributed by atoms with E-state index in [0.29, 0.717) is 12.0 Å². The van der Waals surface area contributed by atoms with Crippen LogP contribution in [0.5, 0.6) is 11.5 Å². The second-order valence-electron chi connectivity index (χ2n) is 11.3. The Morgan fingerprint density at radius 1 is 0.786 bits per heavy atom. The van der Waals surface area contributed by atoms with E-state index in [9.17, 15) is 19.2 Å². The first-order chi connectivity index (χ1) is 19.7. The smallest absolute Gasteiger partial charge is 0.468 e. The second-order valence-corrected chi connectivity index (χ2v) is 11.3. The summed E-state index contributed by atoms with van der Waals surface area (Å²) in [6.07, 6.45) is -1.92. The van der Waals surface area contributed by atoms with Crippen LogP contribution in [0.2, 0.25) is 0 Å². The maximum absolute atomic E-state index is 12.6. The minimum absolute atomic E-state index is 0.0516. The van der Waals surface area contributed by atoms with Crippen LogP contribution < -0.4 is 14.8 Å². The summed E-state index contributed by atoms with van der Waals surface area (Å²) in [4.78, 5) is 49.6. The first kappa shape index (κ1) is 36.7. The predicted octanol–water partition coefficient (Wildman–Crippen LogP) is 5.85. The monoisotopic (exact) mass is 595 g/mol. The van der Waals surface area contributed by atoms with Gasteiger partial charge in [-0.1, -0.05) is 54.0 Å². The SMILES string of the molecule is CCC(C)CC(=O)OC(C)CN[C@@H](Cc1ccc(OC(=O)OC(C)C(C)C)c(OC(=O)OC(C)C(C)C)c1)C(=O)OC. The zero-order valence-corrected chi connectivity index (χ0v) is 26.7. The third-order valence-corrected chi connectivity index (χ3v) is 6.96. The van der Waals surface area contributed by atoms with Crippen LogP contribution in [0.1, 0.15) is 80.7 Å². The van der Waals surface area contributed by atoms with Crippen molar-refractivity contribution in [3.63, 3.8) is 0 Å². The fourth-order valence-electron chi connectivity index (χ4n) is 3.31. The van der Waals surface area contributed by atoms with Gasteiger partial charge >= 0.3 is 24.2 Å². The highest BCUT2D eigenvalue weighted by molar-refractivity contribution is 5.76. The lowest BCUT2D eigenvalue weighted by atomic mass is 10.0. The van der Waals surface area contributed by atoms with Gasteiger partial charge in [0.1, 0.15) is 24.4 Å². The van der Waals surface area contributed by atoms with Gasteiger partial charge in [-0.25, -0.2) is 9.59 Å². The molecule has 1 aromatic rings. The van der Waals surface area contributed by atoms with Crippen molar-refractivity contribution >= 4 is 24.2 Å². The van der Waals surface area contributed by atoms with Gasteiger partial charge in [0.15, 0.2) is 11.5 Å². The van der Waals surface area contributed by atoms with Gasteiger partial charge in [0.05, 0.1) is 7.11 Å². The van der Waals surface area contributed by atoms with Crippen LogP contribution in [0, 0.1) is 17.8 Å². The Balaban J connectivity index is 3.11. The van der Waals surface area contributed by atoms with Crippen molar-refractivity contribution in [1.82, 2.24) is 5.32 Å². The van der Waals surface area contributed by atoms with E-state index in [-0.39, 0.29) is 48.2 Å². The van der Waals surface area contributed by atoms with E-state index in [2.05, 4.69) is 5.32 Å². The molecule has 0 aliphatic heterocycles. The number of hydrogen-bond donors (Lipinski definition) is 1. The first-order valence-corrected chi connectivity index (χ1v) is 14.6. The second kappa shape index (κ2) is 18.3. The van der Waals surface area contributed by atoms with Gasteiger partial charge in [0.25, 0.3) is 0 Å². The van der Waals surface area contributed by atoms with E-state index in [4.69, 9.17) is 28.4 Å². The average molecular weight is 596 g/mol. The lowest BCUT2D eigenvalue weighted by molar-refractivity contribution is -0.149. The first-order valence-electron chi connectivity index (χ1n) is 14.6. The number of carbonyl (C=O) groups excluding carboxylic acids is 4. The van der Waals surface area contributed by atoms with Crippen LogP contribution in [0.4, 0.5) is 9.59 Å². The molecule has 0 spiro atoms. The lowest BCUT2D eigenvalue weighted by Crippen LogP contribution is -2.43. The average Bonchev–Trinajstić information content (AvgIpc) is 2.91. The number of hydrogen-bond acceptors (Lipinski definition) is 11. The summed E-state index contributed by atoms with van der Waals surface area (Å²) in [5, 5.41) is 3.08. The third-order valence-electron chi connectivity index (χ3n) is 6.96. The number of rotatable bonds is 16. The number of nitrogens with one attached hydrogen (secondary N) is 1. The Hall–Kier alpha value is -3.34. The van der Waals surface area contributed by atoms with Crippen molar-refractivity contribution in [1.29, 1.82) is 0 Å². The Morgan fingerprint density at radius 3 is 1.83 bits per heavy atom. The van der Waals surface area contributed by atoms with Crippen LogP contribution in [-0.4, -0.2) is 62.3 Å². The Kier molecular flexibility index (Phi) is 15.9. The molecular formula is C31H49NO10. The molecule has 1 rings (SSSR count). The molecule has 0 heterocycles. The van der Waals surface area contributed by atoms with Crippen molar-refractivity contribution in [3.8, 4) is 11.5 Å². The largest absolute Gasteiger partial charge is 0.514 e. The Bertz CT molecular complexity index is 1020. The predicted molar refractivity (Wildman–Crippen MR) is 156 cm³/mol. The summed E-state index contributed by atoms with van der Waals surface area (Å²) < 4.78 is 31.8. The van der Waals surface area contributed by atoms with E-state index in [1.807, 2.05) is 41.5 Å². The molecule has 0 fully saturated rings. The van der Waals surface area contributed by atoms with Gasteiger partial charge in [-0.15, -0.1) is 0 Å². The van der Waals surface area contributed by atoms with Crippen LogP contribution in [0.15, 0.2) is 18.2 Å². The number of methoxy groups -OCH3 is 1. The molecule has 0 aromatic heterocycles. The molecule has 0 aliphatic carbocycles. The summed E-state index contributed by atoms with van der Waals surface area (Å²) in [6.45, 7) is 17.0. The summed E-state index contributed by atoms with van der Waals surface area (Å²) in [5.74, 6) is -0.641. The fourth-order valence-corrected chi connectivity index (χ4v) is 3.31. The molecule has 42 heavy (non-hydrogen) atoms. The molecule has 0 aliphatic rings. The van der Waals surface area contributed by atoms with Crippen LogP contribution in [-0.2, 0) is 35.0 Å². The summed E-state index contributed by atoms with van der Waals surface area (Å²) >= 11 is 0. The van der Waals surface area contributed by atoms with Gasteiger partial charge in [-0.05, 0) is 62.6 Å². The number of carbonyl (C=O) groups is 4. The van der Waals surface area contributed by atoms with E-state index in [1.165, 1.54) is 19.2 Å². The number of ether oxygens (including phenoxy) is 6. The van der Waals surface area contributed by atoms with E-state index < -0.39 is 42.6 Å². The maximum atomic E-state index is 12.6. The summed E-state index contributed by atoms with van der Waals surface area (Å²) in [7, 11) is 1.27.